The minimum atomic E-state index is -0.906. The van der Waals surface area contributed by atoms with Crippen LogP contribution in [0, 0.1) is 11.8 Å². The van der Waals surface area contributed by atoms with Crippen molar-refractivity contribution in [2.75, 3.05) is 13.7 Å². The summed E-state index contributed by atoms with van der Waals surface area (Å²) in [6, 6.07) is 2.25. The van der Waals surface area contributed by atoms with E-state index in [2.05, 4.69) is 10.3 Å². The lowest BCUT2D eigenvalue weighted by Crippen LogP contribution is -2.55. The second kappa shape index (κ2) is 10.3. The summed E-state index contributed by atoms with van der Waals surface area (Å²) in [5, 5.41) is 2.80. The summed E-state index contributed by atoms with van der Waals surface area (Å²) in [7, 11) is 1.27. The van der Waals surface area contributed by atoms with Crippen LogP contribution >= 0.6 is 0 Å². The topological polar surface area (TPSA) is 145 Å². The summed E-state index contributed by atoms with van der Waals surface area (Å²) < 4.78 is 10.3. The van der Waals surface area contributed by atoms with E-state index in [1.54, 1.807) is 13.8 Å². The molecule has 1 fully saturated rings. The second-order valence-electron chi connectivity index (χ2n) is 9.25. The molecule has 3 rings (SSSR count). The Bertz CT molecular complexity index is 1090. The van der Waals surface area contributed by atoms with Gasteiger partial charge in [0.15, 0.2) is 5.58 Å². The van der Waals surface area contributed by atoms with Crippen LogP contribution in [0.15, 0.2) is 22.6 Å². The summed E-state index contributed by atoms with van der Waals surface area (Å²) in [4.78, 5) is 56.6. The molecule has 0 aliphatic carbocycles. The van der Waals surface area contributed by atoms with Crippen molar-refractivity contribution in [3.05, 3.63) is 29.7 Å². The van der Waals surface area contributed by atoms with Gasteiger partial charge in [0, 0.05) is 6.54 Å². The molecule has 0 radical (unpaired) electrons. The largest absolute Gasteiger partial charge is 0.465 e. The van der Waals surface area contributed by atoms with Gasteiger partial charge in [0.1, 0.15) is 11.6 Å². The zero-order chi connectivity index (χ0) is 25.2. The normalized spacial score (nSPS) is 17.8. The number of hydrogen-bond acceptors (Lipinski definition) is 8. The van der Waals surface area contributed by atoms with Gasteiger partial charge in [-0.1, -0.05) is 27.7 Å². The number of oxazole rings is 1. The van der Waals surface area contributed by atoms with Crippen molar-refractivity contribution in [2.45, 2.75) is 58.7 Å². The number of nitrogens with one attached hydrogen (secondary N) is 1. The lowest BCUT2D eigenvalue weighted by atomic mass is 9.98. The number of nitrogens with two attached hydrogens (primary N) is 1. The second-order valence-corrected chi connectivity index (χ2v) is 9.25. The number of rotatable bonds is 8. The Morgan fingerprint density at radius 2 is 1.88 bits per heavy atom. The lowest BCUT2D eigenvalue weighted by molar-refractivity contribution is -0.140. The van der Waals surface area contributed by atoms with E-state index in [9.17, 15) is 19.2 Å². The van der Waals surface area contributed by atoms with E-state index < -0.39 is 35.8 Å². The summed E-state index contributed by atoms with van der Waals surface area (Å²) >= 11 is 0. The number of amides is 2. The third kappa shape index (κ3) is 5.11. The van der Waals surface area contributed by atoms with Gasteiger partial charge in [-0.2, -0.15) is 0 Å². The fourth-order valence-corrected chi connectivity index (χ4v) is 3.97. The number of carbonyl (C=O) groups excluding carboxylic acids is 4. The van der Waals surface area contributed by atoms with Crippen LogP contribution in [0.3, 0.4) is 0 Å². The SMILES string of the molecule is COC(=O)c1ccc2oc(C(=O)[C@@H](NC(=O)[C@@H]3CCCN3C(=O)[C@@H](N)C(C)C)C(C)C)nc2c1. The zero-order valence-corrected chi connectivity index (χ0v) is 20.2. The fourth-order valence-electron chi connectivity index (χ4n) is 3.97. The minimum Gasteiger partial charge on any atom is -0.465 e. The molecule has 0 saturated carbocycles. The summed E-state index contributed by atoms with van der Waals surface area (Å²) in [6.07, 6.45) is 1.18. The average Bonchev–Trinajstić information content (AvgIpc) is 3.46. The molecule has 1 aliphatic heterocycles. The molecule has 1 aromatic carbocycles. The molecule has 184 valence electrons. The molecule has 1 saturated heterocycles. The van der Waals surface area contributed by atoms with E-state index in [0.29, 0.717) is 30.5 Å². The summed E-state index contributed by atoms with van der Waals surface area (Å²) in [5.41, 5.74) is 6.97. The van der Waals surface area contributed by atoms with E-state index in [1.165, 1.54) is 30.2 Å². The Morgan fingerprint density at radius 1 is 1.18 bits per heavy atom. The van der Waals surface area contributed by atoms with E-state index >= 15 is 0 Å². The van der Waals surface area contributed by atoms with Crippen LogP contribution in [0.1, 0.15) is 61.6 Å². The van der Waals surface area contributed by atoms with Crippen molar-refractivity contribution in [3.63, 3.8) is 0 Å². The van der Waals surface area contributed by atoms with Crippen molar-refractivity contribution < 1.29 is 28.3 Å². The number of esters is 1. The van der Waals surface area contributed by atoms with Crippen LogP contribution in [0.5, 0.6) is 0 Å². The Labute approximate surface area is 198 Å². The van der Waals surface area contributed by atoms with Crippen LogP contribution < -0.4 is 11.1 Å². The highest BCUT2D eigenvalue weighted by Gasteiger charge is 2.39. The standard InChI is InChI=1S/C24H32N4O6/c1-12(2)18(25)23(31)28-10-6-7-16(28)21(30)27-19(13(3)4)20(29)22-26-15-11-14(24(32)33-5)8-9-17(15)34-22/h8-9,11-13,16,18-19H,6-7,10,25H2,1-5H3,(H,27,30)/t16-,18-,19-/m0/s1. The molecule has 34 heavy (non-hydrogen) atoms. The Balaban J connectivity index is 1.79. The van der Waals surface area contributed by atoms with E-state index in [4.69, 9.17) is 14.9 Å². The molecule has 1 aromatic heterocycles. The number of ketones is 1. The predicted octanol–water partition coefficient (Wildman–Crippen LogP) is 1.91. The Hall–Kier alpha value is -3.27. The van der Waals surface area contributed by atoms with Gasteiger partial charge in [-0.3, -0.25) is 14.4 Å². The minimum absolute atomic E-state index is 0.0549. The van der Waals surface area contributed by atoms with Crippen LogP contribution in [-0.2, 0) is 14.3 Å². The molecule has 1 aliphatic rings. The highest BCUT2D eigenvalue weighted by atomic mass is 16.5. The van der Waals surface area contributed by atoms with Gasteiger partial charge in [-0.15, -0.1) is 0 Å². The summed E-state index contributed by atoms with van der Waals surface area (Å²) in [6.45, 7) is 7.76. The third-order valence-corrected chi connectivity index (χ3v) is 6.11. The number of fused-ring (bicyclic) bond motifs is 1. The lowest BCUT2D eigenvalue weighted by Gasteiger charge is -2.29. The third-order valence-electron chi connectivity index (χ3n) is 6.11. The predicted molar refractivity (Wildman–Crippen MR) is 124 cm³/mol. The number of hydrogen-bond donors (Lipinski definition) is 2. The maximum atomic E-state index is 13.2. The Kier molecular flexibility index (Phi) is 7.71. The molecule has 2 heterocycles. The molecule has 10 heteroatoms. The van der Waals surface area contributed by atoms with E-state index in [1.807, 2.05) is 13.8 Å². The molecule has 0 bridgehead atoms. The van der Waals surface area contributed by atoms with Gasteiger partial charge in [0.05, 0.1) is 24.8 Å². The van der Waals surface area contributed by atoms with Crippen molar-refractivity contribution in [1.82, 2.24) is 15.2 Å². The molecule has 2 aromatic rings. The first-order chi connectivity index (χ1) is 16.0. The number of nitrogens with zero attached hydrogens (tertiary/aromatic N) is 2. The van der Waals surface area contributed by atoms with Gasteiger partial charge in [0.2, 0.25) is 17.6 Å². The number of aromatic nitrogens is 1. The molecule has 10 nitrogen and oxygen atoms in total. The maximum Gasteiger partial charge on any atom is 0.337 e. The molecule has 3 N–H and O–H groups in total. The van der Waals surface area contributed by atoms with Crippen molar-refractivity contribution in [3.8, 4) is 0 Å². The van der Waals surface area contributed by atoms with Crippen molar-refractivity contribution in [1.29, 1.82) is 0 Å². The van der Waals surface area contributed by atoms with Crippen molar-refractivity contribution >= 4 is 34.7 Å². The molecule has 0 spiro atoms. The van der Waals surface area contributed by atoms with Gasteiger partial charge >= 0.3 is 5.97 Å². The quantitative estimate of drug-likeness (QED) is 0.438. The van der Waals surface area contributed by atoms with Crippen molar-refractivity contribution in [2.24, 2.45) is 17.6 Å². The number of methoxy groups -OCH3 is 1. The zero-order valence-electron chi connectivity index (χ0n) is 20.2. The van der Waals surface area contributed by atoms with Crippen LogP contribution in [0.4, 0.5) is 0 Å². The summed E-state index contributed by atoms with van der Waals surface area (Å²) in [5.74, 6) is -2.18. The average molecular weight is 473 g/mol. The first-order valence-electron chi connectivity index (χ1n) is 11.4. The van der Waals surface area contributed by atoms with E-state index in [-0.39, 0.29) is 29.2 Å². The first kappa shape index (κ1) is 25.4. The highest BCUT2D eigenvalue weighted by molar-refractivity contribution is 6.02. The van der Waals surface area contributed by atoms with Gasteiger partial charge in [0.25, 0.3) is 5.89 Å². The number of ether oxygens (including phenoxy) is 1. The number of likely N-dealkylation sites (tertiary alicyclic amines) is 1. The number of Topliss-reactive ketones (excluding diaryl/α,β-unsaturated/α-hetero) is 1. The first-order valence-corrected chi connectivity index (χ1v) is 11.4. The molecular formula is C24H32N4O6. The smallest absolute Gasteiger partial charge is 0.337 e. The van der Waals surface area contributed by atoms with Gasteiger partial charge in [-0.25, -0.2) is 9.78 Å². The highest BCUT2D eigenvalue weighted by Crippen LogP contribution is 2.22. The molecule has 3 atom stereocenters. The van der Waals surface area contributed by atoms with E-state index in [0.717, 1.165) is 0 Å². The van der Waals surface area contributed by atoms with Gasteiger partial charge < -0.3 is 25.1 Å². The number of benzene rings is 1. The fraction of sp³-hybridized carbons (Fsp3) is 0.542. The molecular weight excluding hydrogens is 440 g/mol. The van der Waals surface area contributed by atoms with Crippen LogP contribution in [0.25, 0.3) is 11.1 Å². The monoisotopic (exact) mass is 472 g/mol. The van der Waals surface area contributed by atoms with Crippen LogP contribution in [-0.4, -0.2) is 65.2 Å². The molecule has 2 amide bonds. The Morgan fingerprint density at radius 3 is 2.50 bits per heavy atom. The van der Waals surface area contributed by atoms with Crippen LogP contribution in [0.2, 0.25) is 0 Å². The maximum absolute atomic E-state index is 13.2. The molecule has 0 unspecified atom stereocenters. The number of carbonyl (C=O) groups is 4. The van der Waals surface area contributed by atoms with Gasteiger partial charge in [-0.05, 0) is 42.9 Å².